The van der Waals surface area contributed by atoms with Gasteiger partial charge in [-0.15, -0.1) is 0 Å². The van der Waals surface area contributed by atoms with Gasteiger partial charge in [-0.05, 0) is 43.9 Å². The SMILES string of the molecule is CC(C)OC(=O)N1CCC[C@@H](NS(C)(=O)=O)[C@H]1C(F)(F)c1cccc(-c2ccccc2)c1. The Kier molecular flexibility index (Phi) is 7.19. The molecule has 0 saturated carbocycles. The largest absolute Gasteiger partial charge is 0.447 e. The molecule has 1 heterocycles. The predicted molar refractivity (Wildman–Crippen MR) is 119 cm³/mol. The van der Waals surface area contributed by atoms with E-state index >= 15 is 8.78 Å². The second-order valence-corrected chi connectivity index (χ2v) is 10.1. The molecule has 0 aromatic heterocycles. The quantitative estimate of drug-likeness (QED) is 0.686. The summed E-state index contributed by atoms with van der Waals surface area (Å²) in [6.45, 7) is 3.31. The van der Waals surface area contributed by atoms with Crippen molar-refractivity contribution in [3.05, 3.63) is 60.2 Å². The highest BCUT2D eigenvalue weighted by atomic mass is 32.2. The maximum Gasteiger partial charge on any atom is 0.410 e. The average molecular weight is 467 g/mol. The van der Waals surface area contributed by atoms with Crippen molar-refractivity contribution in [2.75, 3.05) is 12.8 Å². The number of carbonyl (C=O) groups excluding carboxylic acids is 1. The van der Waals surface area contributed by atoms with Gasteiger partial charge in [0, 0.05) is 18.2 Å². The van der Waals surface area contributed by atoms with Crippen LogP contribution in [0, 0.1) is 0 Å². The molecule has 0 spiro atoms. The summed E-state index contributed by atoms with van der Waals surface area (Å²) in [5.41, 5.74) is 1.08. The van der Waals surface area contributed by atoms with E-state index in [0.717, 1.165) is 16.7 Å². The zero-order valence-corrected chi connectivity index (χ0v) is 19.1. The minimum atomic E-state index is -3.78. The van der Waals surface area contributed by atoms with E-state index in [1.165, 1.54) is 18.2 Å². The van der Waals surface area contributed by atoms with Crippen LogP contribution >= 0.6 is 0 Å². The molecule has 174 valence electrons. The second kappa shape index (κ2) is 9.54. The van der Waals surface area contributed by atoms with E-state index in [1.54, 1.807) is 19.9 Å². The number of sulfonamides is 1. The lowest BCUT2D eigenvalue weighted by atomic mass is 9.87. The van der Waals surface area contributed by atoms with Gasteiger partial charge in [-0.25, -0.2) is 17.9 Å². The Hall–Kier alpha value is -2.52. The number of nitrogens with one attached hydrogen (secondary N) is 1. The molecule has 0 bridgehead atoms. The third-order valence-electron chi connectivity index (χ3n) is 5.29. The van der Waals surface area contributed by atoms with Crippen LogP contribution in [0.4, 0.5) is 13.6 Å². The second-order valence-electron chi connectivity index (χ2n) is 8.28. The number of amides is 1. The average Bonchev–Trinajstić information content (AvgIpc) is 2.72. The number of benzene rings is 2. The lowest BCUT2D eigenvalue weighted by Crippen LogP contribution is -2.63. The first-order valence-corrected chi connectivity index (χ1v) is 12.4. The number of hydrogen-bond acceptors (Lipinski definition) is 4. The molecule has 2 atom stereocenters. The molecule has 0 radical (unpaired) electrons. The molecule has 32 heavy (non-hydrogen) atoms. The lowest BCUT2D eigenvalue weighted by molar-refractivity contribution is -0.105. The number of carbonyl (C=O) groups is 1. The third kappa shape index (κ3) is 5.63. The number of nitrogens with zero attached hydrogens (tertiary/aromatic N) is 1. The van der Waals surface area contributed by atoms with Crippen molar-refractivity contribution in [2.24, 2.45) is 0 Å². The summed E-state index contributed by atoms with van der Waals surface area (Å²) in [4.78, 5) is 13.6. The summed E-state index contributed by atoms with van der Waals surface area (Å²) in [5.74, 6) is -3.54. The molecule has 1 fully saturated rings. The van der Waals surface area contributed by atoms with Gasteiger partial charge in [-0.2, -0.15) is 8.78 Å². The Morgan fingerprint density at radius 2 is 1.78 bits per heavy atom. The Bertz CT molecular complexity index is 1040. The Balaban J connectivity index is 2.05. The van der Waals surface area contributed by atoms with E-state index in [4.69, 9.17) is 4.74 Å². The fourth-order valence-electron chi connectivity index (χ4n) is 4.02. The molecule has 1 amide bonds. The first kappa shape index (κ1) is 24.1. The zero-order chi connectivity index (χ0) is 23.5. The van der Waals surface area contributed by atoms with Gasteiger partial charge in [0.25, 0.3) is 5.92 Å². The Labute approximate surface area is 187 Å². The normalized spacial score (nSPS) is 19.8. The summed E-state index contributed by atoms with van der Waals surface area (Å²) in [6, 6.07) is 12.2. The summed E-state index contributed by atoms with van der Waals surface area (Å²) < 4.78 is 63.4. The molecule has 0 unspecified atom stereocenters. The van der Waals surface area contributed by atoms with E-state index in [1.807, 2.05) is 30.3 Å². The molecule has 9 heteroatoms. The molecular weight excluding hydrogens is 438 g/mol. The van der Waals surface area contributed by atoms with Crippen molar-refractivity contribution >= 4 is 16.1 Å². The zero-order valence-electron chi connectivity index (χ0n) is 18.3. The van der Waals surface area contributed by atoms with Gasteiger partial charge in [0.05, 0.1) is 12.4 Å². The van der Waals surface area contributed by atoms with E-state index in [-0.39, 0.29) is 18.5 Å². The van der Waals surface area contributed by atoms with E-state index in [9.17, 15) is 13.2 Å². The van der Waals surface area contributed by atoms with Crippen LogP contribution in [-0.4, -0.2) is 50.4 Å². The number of hydrogen-bond donors (Lipinski definition) is 1. The van der Waals surface area contributed by atoms with Gasteiger partial charge < -0.3 is 4.74 Å². The van der Waals surface area contributed by atoms with Gasteiger partial charge in [-0.1, -0.05) is 48.5 Å². The highest BCUT2D eigenvalue weighted by Crippen LogP contribution is 2.41. The molecule has 1 aliphatic heterocycles. The molecule has 2 aromatic rings. The predicted octanol–water partition coefficient (Wildman–Crippen LogP) is 4.37. The number of halogens is 2. The fourth-order valence-corrected chi connectivity index (χ4v) is 4.82. The number of ether oxygens (including phenoxy) is 1. The molecule has 6 nitrogen and oxygen atoms in total. The van der Waals surface area contributed by atoms with Gasteiger partial charge in [0.1, 0.15) is 6.04 Å². The van der Waals surface area contributed by atoms with Crippen LogP contribution in [0.2, 0.25) is 0 Å². The van der Waals surface area contributed by atoms with Gasteiger partial charge >= 0.3 is 6.09 Å². The summed E-state index contributed by atoms with van der Waals surface area (Å²) in [6.07, 6.45) is 0.0861. The summed E-state index contributed by atoms with van der Waals surface area (Å²) >= 11 is 0. The Morgan fingerprint density at radius 3 is 2.41 bits per heavy atom. The monoisotopic (exact) mass is 466 g/mol. The van der Waals surface area contributed by atoms with E-state index in [0.29, 0.717) is 12.0 Å². The van der Waals surface area contributed by atoms with E-state index < -0.39 is 40.2 Å². The molecule has 1 N–H and O–H groups in total. The van der Waals surface area contributed by atoms with Crippen molar-refractivity contribution in [3.63, 3.8) is 0 Å². The van der Waals surface area contributed by atoms with Crippen LogP contribution in [-0.2, 0) is 20.7 Å². The number of likely N-dealkylation sites (tertiary alicyclic amines) is 1. The van der Waals surface area contributed by atoms with Gasteiger partial charge in [0.2, 0.25) is 10.0 Å². The van der Waals surface area contributed by atoms with Crippen molar-refractivity contribution < 1.29 is 26.7 Å². The third-order valence-corrected chi connectivity index (χ3v) is 6.02. The maximum atomic E-state index is 16.0. The Morgan fingerprint density at radius 1 is 1.12 bits per heavy atom. The summed E-state index contributed by atoms with van der Waals surface area (Å²) in [7, 11) is -3.78. The van der Waals surface area contributed by atoms with Crippen molar-refractivity contribution in [3.8, 4) is 11.1 Å². The van der Waals surface area contributed by atoms with Gasteiger partial charge in [-0.3, -0.25) is 4.90 Å². The highest BCUT2D eigenvalue weighted by molar-refractivity contribution is 7.88. The smallest absolute Gasteiger partial charge is 0.410 e. The van der Waals surface area contributed by atoms with Crippen LogP contribution in [0.1, 0.15) is 32.3 Å². The topological polar surface area (TPSA) is 75.7 Å². The van der Waals surface area contributed by atoms with Crippen molar-refractivity contribution in [1.29, 1.82) is 0 Å². The lowest BCUT2D eigenvalue weighted by Gasteiger charge is -2.44. The minimum Gasteiger partial charge on any atom is -0.447 e. The maximum absolute atomic E-state index is 16.0. The van der Waals surface area contributed by atoms with E-state index in [2.05, 4.69) is 4.72 Å². The van der Waals surface area contributed by atoms with Crippen molar-refractivity contribution in [1.82, 2.24) is 9.62 Å². The highest BCUT2D eigenvalue weighted by Gasteiger charge is 2.53. The standard InChI is InChI=1S/C23H28F2N2O4S/c1-16(2)31-22(28)27-14-8-13-20(26-32(3,29)30)21(27)23(24,25)19-12-7-11-18(15-19)17-9-5-4-6-10-17/h4-7,9-12,15-16,20-21,26H,8,13-14H2,1-3H3/t20-,21+/m1/s1. The van der Waals surface area contributed by atoms with Crippen LogP contribution in [0.5, 0.6) is 0 Å². The molecular formula is C23H28F2N2O4S. The van der Waals surface area contributed by atoms with Crippen molar-refractivity contribution in [2.45, 2.75) is 50.8 Å². The number of rotatable bonds is 6. The fraction of sp³-hybridized carbons (Fsp3) is 0.435. The minimum absolute atomic E-state index is 0.0477. The van der Waals surface area contributed by atoms with Crippen LogP contribution < -0.4 is 4.72 Å². The summed E-state index contributed by atoms with van der Waals surface area (Å²) in [5, 5.41) is 0. The van der Waals surface area contributed by atoms with Crippen LogP contribution in [0.25, 0.3) is 11.1 Å². The molecule has 0 aliphatic carbocycles. The van der Waals surface area contributed by atoms with Gasteiger partial charge in [0.15, 0.2) is 0 Å². The number of piperidine rings is 1. The number of alkyl halides is 2. The molecule has 2 aromatic carbocycles. The molecule has 1 saturated heterocycles. The first-order chi connectivity index (χ1) is 15.0. The molecule has 3 rings (SSSR count). The van der Waals surface area contributed by atoms with Crippen LogP contribution in [0.3, 0.4) is 0 Å². The van der Waals surface area contributed by atoms with Crippen LogP contribution in [0.15, 0.2) is 54.6 Å². The first-order valence-electron chi connectivity index (χ1n) is 10.5. The molecule has 1 aliphatic rings.